The van der Waals surface area contributed by atoms with Crippen LogP contribution < -0.4 is 5.14 Å². The Kier molecular flexibility index (Phi) is 4.85. The summed E-state index contributed by atoms with van der Waals surface area (Å²) in [4.78, 5) is 0.00660. The molecule has 0 radical (unpaired) electrons. The summed E-state index contributed by atoms with van der Waals surface area (Å²) in [5.41, 5.74) is 2.62. The van der Waals surface area contributed by atoms with E-state index in [1.807, 2.05) is 30.3 Å². The lowest BCUT2D eigenvalue weighted by Crippen LogP contribution is -2.11. The zero-order chi connectivity index (χ0) is 18.0. The molecule has 8 heteroatoms. The van der Waals surface area contributed by atoms with E-state index in [4.69, 9.17) is 9.66 Å². The highest BCUT2D eigenvalue weighted by Crippen LogP contribution is 2.36. The van der Waals surface area contributed by atoms with E-state index in [-0.39, 0.29) is 9.99 Å². The van der Waals surface area contributed by atoms with Gasteiger partial charge in [-0.1, -0.05) is 54.5 Å². The average molecular weight is 376 g/mol. The third kappa shape index (κ3) is 3.55. The number of benzene rings is 2. The standard InChI is InChI=1S/C17H16N2O4S2/c1-2-24(20)17-15(12-8-10-14(11-9-12)25(18,21)22)16(19-23-17)13-6-4-3-5-7-13/h3-11H,2H2,1H3,(H2,18,21,22). The zero-order valence-corrected chi connectivity index (χ0v) is 15.0. The van der Waals surface area contributed by atoms with Crippen molar-refractivity contribution in [1.82, 2.24) is 5.16 Å². The third-order valence-corrected chi connectivity index (χ3v) is 5.79. The number of sulfonamides is 1. The summed E-state index contributed by atoms with van der Waals surface area (Å²) in [7, 11) is -5.13. The van der Waals surface area contributed by atoms with Crippen molar-refractivity contribution >= 4 is 20.8 Å². The first-order chi connectivity index (χ1) is 11.9. The van der Waals surface area contributed by atoms with Crippen LogP contribution in [-0.2, 0) is 20.8 Å². The Hall–Kier alpha value is -2.29. The molecule has 3 rings (SSSR count). The van der Waals surface area contributed by atoms with Crippen LogP contribution in [0.4, 0.5) is 0 Å². The lowest BCUT2D eigenvalue weighted by Gasteiger charge is -2.05. The number of nitrogens with zero attached hydrogens (tertiary/aromatic N) is 1. The Labute approximate surface area is 148 Å². The fourth-order valence-corrected chi connectivity index (χ4v) is 3.76. The van der Waals surface area contributed by atoms with Crippen LogP contribution in [0.25, 0.3) is 22.4 Å². The fourth-order valence-electron chi connectivity index (χ4n) is 2.42. The highest BCUT2D eigenvalue weighted by atomic mass is 32.2. The van der Waals surface area contributed by atoms with Crippen molar-refractivity contribution in [3.63, 3.8) is 0 Å². The molecule has 0 aliphatic heterocycles. The monoisotopic (exact) mass is 376 g/mol. The summed E-state index contributed by atoms with van der Waals surface area (Å²) in [6.07, 6.45) is 0. The number of primary sulfonamides is 1. The number of hydrogen-bond donors (Lipinski definition) is 1. The lowest BCUT2D eigenvalue weighted by atomic mass is 10.0. The van der Waals surface area contributed by atoms with Crippen molar-refractivity contribution in [3.05, 3.63) is 54.6 Å². The Morgan fingerprint density at radius 3 is 2.24 bits per heavy atom. The first-order valence-electron chi connectivity index (χ1n) is 7.48. The van der Waals surface area contributed by atoms with E-state index in [0.717, 1.165) is 5.56 Å². The van der Waals surface area contributed by atoms with E-state index in [9.17, 15) is 12.6 Å². The number of nitrogens with two attached hydrogens (primary N) is 1. The first kappa shape index (κ1) is 17.5. The molecule has 0 bridgehead atoms. The Balaban J connectivity index is 2.19. The molecule has 2 N–H and O–H groups in total. The van der Waals surface area contributed by atoms with Crippen LogP contribution in [0.2, 0.25) is 0 Å². The van der Waals surface area contributed by atoms with Gasteiger partial charge in [-0.2, -0.15) is 0 Å². The van der Waals surface area contributed by atoms with Crippen molar-refractivity contribution in [3.8, 4) is 22.4 Å². The third-order valence-electron chi connectivity index (χ3n) is 3.65. The lowest BCUT2D eigenvalue weighted by molar-refractivity contribution is 0.348. The SMILES string of the molecule is CCS(=O)c1onc(-c2ccccc2)c1-c1ccc(S(N)(=O)=O)cc1. The molecule has 0 saturated carbocycles. The van der Waals surface area contributed by atoms with E-state index in [0.29, 0.717) is 22.6 Å². The molecule has 0 amide bonds. The number of hydrogen-bond acceptors (Lipinski definition) is 5. The largest absolute Gasteiger partial charge is 0.346 e. The van der Waals surface area contributed by atoms with Gasteiger partial charge in [0.05, 0.1) is 21.3 Å². The van der Waals surface area contributed by atoms with Crippen LogP contribution >= 0.6 is 0 Å². The van der Waals surface area contributed by atoms with Crippen molar-refractivity contribution < 1.29 is 17.1 Å². The van der Waals surface area contributed by atoms with Gasteiger partial charge in [0.2, 0.25) is 15.1 Å². The summed E-state index contributed by atoms with van der Waals surface area (Å²) in [6.45, 7) is 1.79. The Bertz CT molecular complexity index is 1010. The predicted molar refractivity (Wildman–Crippen MR) is 95.7 cm³/mol. The summed E-state index contributed by atoms with van der Waals surface area (Å²) in [5.74, 6) is 0.381. The molecule has 1 heterocycles. The van der Waals surface area contributed by atoms with Gasteiger partial charge in [-0.05, 0) is 17.7 Å². The van der Waals surface area contributed by atoms with E-state index >= 15 is 0 Å². The van der Waals surface area contributed by atoms with Crippen LogP contribution in [0.3, 0.4) is 0 Å². The molecule has 0 spiro atoms. The minimum absolute atomic E-state index is 0.00660. The van der Waals surface area contributed by atoms with E-state index in [1.54, 1.807) is 19.1 Å². The zero-order valence-electron chi connectivity index (χ0n) is 13.4. The van der Waals surface area contributed by atoms with Crippen LogP contribution in [0.15, 0.2) is 69.1 Å². The van der Waals surface area contributed by atoms with Gasteiger partial charge in [-0.3, -0.25) is 4.21 Å². The quantitative estimate of drug-likeness (QED) is 0.737. The molecule has 2 aromatic carbocycles. The minimum atomic E-state index is -3.78. The molecule has 0 saturated heterocycles. The summed E-state index contributed by atoms with van der Waals surface area (Å²) in [6, 6.07) is 15.4. The molecule has 3 aromatic rings. The second kappa shape index (κ2) is 6.91. The van der Waals surface area contributed by atoms with E-state index in [2.05, 4.69) is 5.16 Å². The molecule has 1 aromatic heterocycles. The average Bonchev–Trinajstić information content (AvgIpc) is 3.06. The normalized spacial score (nSPS) is 12.9. The van der Waals surface area contributed by atoms with Crippen LogP contribution in [0, 0.1) is 0 Å². The van der Waals surface area contributed by atoms with E-state index < -0.39 is 20.8 Å². The van der Waals surface area contributed by atoms with Crippen LogP contribution in [0.5, 0.6) is 0 Å². The Morgan fingerprint density at radius 2 is 1.68 bits per heavy atom. The van der Waals surface area contributed by atoms with Gasteiger partial charge in [-0.25, -0.2) is 13.6 Å². The van der Waals surface area contributed by atoms with Crippen molar-refractivity contribution in [2.24, 2.45) is 5.14 Å². The highest BCUT2D eigenvalue weighted by Gasteiger charge is 2.23. The fraction of sp³-hybridized carbons (Fsp3) is 0.118. The number of aromatic nitrogens is 1. The predicted octanol–water partition coefficient (Wildman–Crippen LogP) is 2.78. The van der Waals surface area contributed by atoms with Crippen molar-refractivity contribution in [1.29, 1.82) is 0 Å². The van der Waals surface area contributed by atoms with Gasteiger partial charge in [0.1, 0.15) is 5.69 Å². The second-order valence-electron chi connectivity index (χ2n) is 5.26. The molecule has 25 heavy (non-hydrogen) atoms. The minimum Gasteiger partial charge on any atom is -0.346 e. The van der Waals surface area contributed by atoms with E-state index in [1.165, 1.54) is 12.1 Å². The molecule has 0 aliphatic rings. The molecule has 130 valence electrons. The molecule has 0 fully saturated rings. The van der Waals surface area contributed by atoms with Crippen LogP contribution in [0.1, 0.15) is 6.92 Å². The van der Waals surface area contributed by atoms with Gasteiger partial charge in [0, 0.05) is 11.3 Å². The summed E-state index contributed by atoms with van der Waals surface area (Å²) < 4.78 is 40.6. The number of rotatable bonds is 5. The molecule has 1 atom stereocenters. The maximum atomic E-state index is 12.3. The first-order valence-corrected chi connectivity index (χ1v) is 10.3. The smallest absolute Gasteiger partial charge is 0.238 e. The van der Waals surface area contributed by atoms with Gasteiger partial charge >= 0.3 is 0 Å². The van der Waals surface area contributed by atoms with Gasteiger partial charge < -0.3 is 4.52 Å². The molecule has 1 unspecified atom stereocenters. The summed E-state index contributed by atoms with van der Waals surface area (Å²) in [5, 5.41) is 9.50. The van der Waals surface area contributed by atoms with Crippen LogP contribution in [-0.4, -0.2) is 23.5 Å². The molecule has 6 nitrogen and oxygen atoms in total. The van der Waals surface area contributed by atoms with Gasteiger partial charge in [-0.15, -0.1) is 0 Å². The van der Waals surface area contributed by atoms with Crippen molar-refractivity contribution in [2.75, 3.05) is 5.75 Å². The molecule has 0 aliphatic carbocycles. The second-order valence-corrected chi connectivity index (χ2v) is 8.46. The Morgan fingerprint density at radius 1 is 1.04 bits per heavy atom. The van der Waals surface area contributed by atoms with Gasteiger partial charge in [0.25, 0.3) is 0 Å². The van der Waals surface area contributed by atoms with Gasteiger partial charge in [0.15, 0.2) is 0 Å². The maximum Gasteiger partial charge on any atom is 0.238 e. The summed E-state index contributed by atoms with van der Waals surface area (Å²) >= 11 is 0. The topological polar surface area (TPSA) is 103 Å². The highest BCUT2D eigenvalue weighted by molar-refractivity contribution is 7.89. The maximum absolute atomic E-state index is 12.3. The van der Waals surface area contributed by atoms with Crippen molar-refractivity contribution in [2.45, 2.75) is 16.9 Å². The molecular formula is C17H16N2O4S2. The molecular weight excluding hydrogens is 360 g/mol.